The molecule has 0 unspecified atom stereocenters. The number of halogens is 1. The van der Waals surface area contributed by atoms with Crippen molar-refractivity contribution in [1.82, 2.24) is 0 Å². The van der Waals surface area contributed by atoms with Crippen molar-refractivity contribution < 1.29 is 9.53 Å². The smallest absolute Gasteiger partial charge is 0.232 e. The quantitative estimate of drug-likeness (QED) is 0.887. The third-order valence-electron chi connectivity index (χ3n) is 3.80. The Morgan fingerprint density at radius 3 is 2.68 bits per heavy atom. The van der Waals surface area contributed by atoms with Gasteiger partial charge in [0.15, 0.2) is 0 Å². The number of anilines is 1. The lowest BCUT2D eigenvalue weighted by molar-refractivity contribution is -0.117. The van der Waals surface area contributed by atoms with E-state index in [9.17, 15) is 4.79 Å². The van der Waals surface area contributed by atoms with Crippen LogP contribution in [0.4, 0.5) is 5.69 Å². The molecule has 4 heteroatoms. The number of nitrogens with one attached hydrogen (secondary N) is 1. The predicted molar refractivity (Wildman–Crippen MR) is 88.8 cm³/mol. The highest BCUT2D eigenvalue weighted by molar-refractivity contribution is 6.31. The zero-order valence-corrected chi connectivity index (χ0v) is 13.2. The molecule has 3 rings (SSSR count). The van der Waals surface area contributed by atoms with Crippen LogP contribution < -0.4 is 10.1 Å². The summed E-state index contributed by atoms with van der Waals surface area (Å²) in [7, 11) is 0. The Labute approximate surface area is 135 Å². The zero-order valence-electron chi connectivity index (χ0n) is 12.4. The molecule has 0 fully saturated rings. The third kappa shape index (κ3) is 3.09. The maximum Gasteiger partial charge on any atom is 0.232 e. The number of benzene rings is 2. The van der Waals surface area contributed by atoms with Gasteiger partial charge in [0.2, 0.25) is 5.91 Å². The van der Waals surface area contributed by atoms with Crippen molar-refractivity contribution in [2.75, 3.05) is 11.9 Å². The molecule has 0 saturated heterocycles. The number of ether oxygens (including phenoxy) is 1. The molecular weight excluding hydrogens is 298 g/mol. The van der Waals surface area contributed by atoms with Gasteiger partial charge in [0.25, 0.3) is 0 Å². The molecule has 3 nitrogen and oxygen atoms in total. The highest BCUT2D eigenvalue weighted by atomic mass is 35.5. The average molecular weight is 316 g/mol. The van der Waals surface area contributed by atoms with Crippen molar-refractivity contribution in [3.8, 4) is 5.75 Å². The molecule has 22 heavy (non-hydrogen) atoms. The van der Waals surface area contributed by atoms with E-state index in [1.165, 1.54) is 0 Å². The summed E-state index contributed by atoms with van der Waals surface area (Å²) < 4.78 is 5.58. The predicted octanol–water partition coefficient (Wildman–Crippen LogP) is 4.41. The van der Waals surface area contributed by atoms with E-state index in [1.807, 2.05) is 36.4 Å². The van der Waals surface area contributed by atoms with Crippen molar-refractivity contribution in [3.05, 3.63) is 58.6 Å². The van der Waals surface area contributed by atoms with E-state index in [1.54, 1.807) is 6.07 Å². The molecule has 1 aliphatic heterocycles. The molecule has 0 saturated carbocycles. The van der Waals surface area contributed by atoms with Gasteiger partial charge in [-0.2, -0.15) is 0 Å². The molecule has 0 spiro atoms. The lowest BCUT2D eigenvalue weighted by Crippen LogP contribution is -2.14. The summed E-state index contributed by atoms with van der Waals surface area (Å²) in [4.78, 5) is 12.2. The van der Waals surface area contributed by atoms with Crippen LogP contribution in [0.2, 0.25) is 5.02 Å². The number of rotatable bonds is 5. The van der Waals surface area contributed by atoms with Gasteiger partial charge < -0.3 is 10.1 Å². The fraction of sp³-hybridized carbons (Fsp3) is 0.278. The number of carbonyl (C=O) groups excluding carboxylic acids is 1. The first-order chi connectivity index (χ1) is 10.7. The van der Waals surface area contributed by atoms with Gasteiger partial charge in [-0.25, -0.2) is 0 Å². The summed E-state index contributed by atoms with van der Waals surface area (Å²) >= 11 is 6.05. The van der Waals surface area contributed by atoms with Crippen LogP contribution in [0.3, 0.4) is 0 Å². The summed E-state index contributed by atoms with van der Waals surface area (Å²) in [5.74, 6) is 0.713. The van der Waals surface area contributed by atoms with Gasteiger partial charge in [-0.15, -0.1) is 0 Å². The summed E-state index contributed by atoms with van der Waals surface area (Å²) in [6.45, 7) is 2.80. The highest BCUT2D eigenvalue weighted by Crippen LogP contribution is 2.36. The number of carbonyl (C=O) groups is 1. The highest BCUT2D eigenvalue weighted by Gasteiger charge is 2.30. The molecule has 1 N–H and O–H groups in total. The summed E-state index contributed by atoms with van der Waals surface area (Å²) in [6.07, 6.45) is 1.65. The summed E-state index contributed by atoms with van der Waals surface area (Å²) in [5, 5.41) is 3.57. The largest absolute Gasteiger partial charge is 0.494 e. The van der Waals surface area contributed by atoms with Gasteiger partial charge in [-0.1, -0.05) is 30.7 Å². The van der Waals surface area contributed by atoms with Gasteiger partial charge in [0, 0.05) is 10.7 Å². The number of fused-ring (bicyclic) bond motifs is 1. The molecule has 1 atom stereocenters. The lowest BCUT2D eigenvalue weighted by atomic mass is 9.93. The fourth-order valence-corrected chi connectivity index (χ4v) is 2.86. The second-order valence-corrected chi connectivity index (χ2v) is 5.91. The minimum Gasteiger partial charge on any atom is -0.494 e. The summed E-state index contributed by atoms with van der Waals surface area (Å²) in [6, 6.07) is 13.5. The maximum atomic E-state index is 12.2. The van der Waals surface area contributed by atoms with E-state index in [0.29, 0.717) is 11.4 Å². The van der Waals surface area contributed by atoms with Gasteiger partial charge in [-0.3, -0.25) is 4.79 Å². The number of hydrogen-bond donors (Lipinski definition) is 1. The van der Waals surface area contributed by atoms with Crippen LogP contribution in [0.1, 0.15) is 30.4 Å². The first-order valence-electron chi connectivity index (χ1n) is 7.49. The van der Waals surface area contributed by atoms with Crippen molar-refractivity contribution in [2.45, 2.75) is 25.7 Å². The minimum atomic E-state index is -0.184. The Kier molecular flexibility index (Phi) is 4.34. The Morgan fingerprint density at radius 1 is 1.18 bits per heavy atom. The number of amides is 1. The zero-order chi connectivity index (χ0) is 15.5. The van der Waals surface area contributed by atoms with E-state index < -0.39 is 0 Å². The lowest BCUT2D eigenvalue weighted by Gasteiger charge is -2.10. The Bertz CT molecular complexity index is 682. The van der Waals surface area contributed by atoms with Crippen LogP contribution in [0.5, 0.6) is 5.75 Å². The van der Waals surface area contributed by atoms with E-state index in [0.717, 1.165) is 35.6 Å². The fourth-order valence-electron chi connectivity index (χ4n) is 2.68. The maximum absolute atomic E-state index is 12.2. The molecule has 1 heterocycles. The minimum absolute atomic E-state index is 0.0311. The summed E-state index contributed by atoms with van der Waals surface area (Å²) in [5.41, 5.74) is 2.95. The van der Waals surface area contributed by atoms with Crippen LogP contribution in [0, 0.1) is 0 Å². The van der Waals surface area contributed by atoms with Crippen LogP contribution in [-0.4, -0.2) is 12.5 Å². The second kappa shape index (κ2) is 6.41. The number of hydrogen-bond acceptors (Lipinski definition) is 2. The molecule has 0 radical (unpaired) electrons. The van der Waals surface area contributed by atoms with E-state index in [4.69, 9.17) is 16.3 Å². The second-order valence-electron chi connectivity index (χ2n) is 5.47. The normalized spacial score (nSPS) is 16.3. The SMILES string of the molecule is CCCOc1ccc(C[C@@H]2C(=O)Nc3ccc(Cl)cc32)cc1. The molecule has 1 aliphatic rings. The Morgan fingerprint density at radius 2 is 1.95 bits per heavy atom. The van der Waals surface area contributed by atoms with Crippen LogP contribution in [-0.2, 0) is 11.2 Å². The van der Waals surface area contributed by atoms with Crippen molar-refractivity contribution in [2.24, 2.45) is 0 Å². The van der Waals surface area contributed by atoms with Gasteiger partial charge in [-0.05, 0) is 54.3 Å². The monoisotopic (exact) mass is 315 g/mol. The van der Waals surface area contributed by atoms with Crippen molar-refractivity contribution in [3.63, 3.8) is 0 Å². The van der Waals surface area contributed by atoms with Crippen LogP contribution >= 0.6 is 11.6 Å². The van der Waals surface area contributed by atoms with Gasteiger partial charge >= 0.3 is 0 Å². The Balaban J connectivity index is 1.76. The van der Waals surface area contributed by atoms with Gasteiger partial charge in [0.05, 0.1) is 12.5 Å². The molecule has 1 amide bonds. The van der Waals surface area contributed by atoms with E-state index in [2.05, 4.69) is 12.2 Å². The van der Waals surface area contributed by atoms with Crippen molar-refractivity contribution >= 4 is 23.2 Å². The molecule has 0 bridgehead atoms. The molecular formula is C18H18ClNO2. The molecule has 2 aromatic carbocycles. The topological polar surface area (TPSA) is 38.3 Å². The molecule has 0 aromatic heterocycles. The first-order valence-corrected chi connectivity index (χ1v) is 7.87. The first kappa shape index (κ1) is 14.9. The molecule has 114 valence electrons. The molecule has 2 aromatic rings. The molecule has 0 aliphatic carbocycles. The van der Waals surface area contributed by atoms with Crippen LogP contribution in [0.15, 0.2) is 42.5 Å². The van der Waals surface area contributed by atoms with E-state index >= 15 is 0 Å². The van der Waals surface area contributed by atoms with E-state index in [-0.39, 0.29) is 11.8 Å². The third-order valence-corrected chi connectivity index (χ3v) is 4.03. The van der Waals surface area contributed by atoms with Gasteiger partial charge in [0.1, 0.15) is 5.75 Å². The Hall–Kier alpha value is -2.00. The van der Waals surface area contributed by atoms with Crippen molar-refractivity contribution in [1.29, 1.82) is 0 Å². The van der Waals surface area contributed by atoms with Crippen LogP contribution in [0.25, 0.3) is 0 Å². The standard InChI is InChI=1S/C18H18ClNO2/c1-2-9-22-14-6-3-12(4-7-14)10-16-15-11-13(19)5-8-17(15)20-18(16)21/h3-8,11,16H,2,9-10H2,1H3,(H,20,21)/t16-/m0/s1. The average Bonchev–Trinajstić information content (AvgIpc) is 2.82.